The molecule has 1 aliphatic carbocycles. The second-order valence-corrected chi connectivity index (χ2v) is 5.45. The number of rotatable bonds is 4. The number of aryl methyl sites for hydroxylation is 1. The minimum atomic E-state index is -0.240. The number of anilines is 1. The highest BCUT2D eigenvalue weighted by atomic mass is 16.2. The van der Waals surface area contributed by atoms with Gasteiger partial charge < -0.3 is 5.32 Å². The van der Waals surface area contributed by atoms with Crippen LogP contribution in [-0.4, -0.2) is 30.3 Å². The lowest BCUT2D eigenvalue weighted by atomic mass is 10.3. The van der Waals surface area contributed by atoms with E-state index < -0.39 is 0 Å². The molecule has 0 unspecified atom stereocenters. The van der Waals surface area contributed by atoms with Crippen LogP contribution in [0.15, 0.2) is 30.6 Å². The summed E-state index contributed by atoms with van der Waals surface area (Å²) in [4.78, 5) is 16.8. The molecule has 0 atom stereocenters. The van der Waals surface area contributed by atoms with Crippen LogP contribution in [-0.2, 0) is 6.54 Å². The molecule has 1 amide bonds. The van der Waals surface area contributed by atoms with Crippen molar-refractivity contribution < 1.29 is 4.79 Å². The third-order valence-corrected chi connectivity index (χ3v) is 3.77. The summed E-state index contributed by atoms with van der Waals surface area (Å²) in [6.45, 7) is 2.71. The largest absolute Gasteiger partial charge is 0.317 e. The lowest BCUT2D eigenvalue weighted by Crippen LogP contribution is -2.14. The molecule has 0 saturated heterocycles. The van der Waals surface area contributed by atoms with Crippen molar-refractivity contribution in [2.75, 3.05) is 5.32 Å². The zero-order valence-corrected chi connectivity index (χ0v) is 12.2. The summed E-state index contributed by atoms with van der Waals surface area (Å²) in [7, 11) is 0. The van der Waals surface area contributed by atoms with Crippen LogP contribution in [0.2, 0.25) is 0 Å². The van der Waals surface area contributed by atoms with E-state index >= 15 is 0 Å². The first-order chi connectivity index (χ1) is 10.7. The van der Waals surface area contributed by atoms with Crippen LogP contribution >= 0.6 is 0 Å². The fourth-order valence-electron chi connectivity index (χ4n) is 2.38. The quantitative estimate of drug-likeness (QED) is 0.799. The Morgan fingerprint density at radius 3 is 2.91 bits per heavy atom. The first-order valence-electron chi connectivity index (χ1n) is 7.44. The zero-order valence-electron chi connectivity index (χ0n) is 12.2. The maximum Gasteiger partial charge on any atom is 0.276 e. The molecule has 1 N–H and O–H groups in total. The van der Waals surface area contributed by atoms with Gasteiger partial charge in [-0.25, -0.2) is 9.50 Å². The van der Waals surface area contributed by atoms with Crippen molar-refractivity contribution >= 4 is 17.2 Å². The maximum atomic E-state index is 12.3. The summed E-state index contributed by atoms with van der Waals surface area (Å²) >= 11 is 0. The van der Waals surface area contributed by atoms with Gasteiger partial charge in [-0.05, 0) is 38.0 Å². The van der Waals surface area contributed by atoms with Crippen LogP contribution in [0.3, 0.4) is 0 Å². The molecule has 4 rings (SSSR count). The molecule has 3 heterocycles. The van der Waals surface area contributed by atoms with Gasteiger partial charge in [-0.1, -0.05) is 0 Å². The van der Waals surface area contributed by atoms with E-state index in [9.17, 15) is 4.79 Å². The average Bonchev–Trinajstić information content (AvgIpc) is 3.11. The Balaban J connectivity index is 1.64. The lowest BCUT2D eigenvalue weighted by molar-refractivity contribution is 0.102. The number of carbonyl (C=O) groups is 1. The highest BCUT2D eigenvalue weighted by Crippen LogP contribution is 2.38. The van der Waals surface area contributed by atoms with Crippen molar-refractivity contribution in [3.05, 3.63) is 42.1 Å². The second kappa shape index (κ2) is 4.94. The Morgan fingerprint density at radius 2 is 2.18 bits per heavy atom. The second-order valence-electron chi connectivity index (χ2n) is 5.45. The maximum absolute atomic E-state index is 12.3. The molecule has 0 aliphatic heterocycles. The van der Waals surface area contributed by atoms with Gasteiger partial charge in [-0.15, -0.1) is 0 Å². The highest BCUT2D eigenvalue weighted by Gasteiger charge is 2.28. The van der Waals surface area contributed by atoms with Crippen LogP contribution < -0.4 is 5.32 Å². The number of nitrogens with zero attached hydrogens (tertiary/aromatic N) is 5. The van der Waals surface area contributed by atoms with E-state index in [2.05, 4.69) is 20.5 Å². The summed E-state index contributed by atoms with van der Waals surface area (Å²) in [5.74, 6) is 1.09. The Bertz CT molecular complexity index is 845. The number of hydrogen-bond donors (Lipinski definition) is 1. The summed E-state index contributed by atoms with van der Waals surface area (Å²) in [5, 5.41) is 11.6. The normalized spacial score (nSPS) is 14.4. The van der Waals surface area contributed by atoms with Gasteiger partial charge in [0, 0.05) is 24.9 Å². The van der Waals surface area contributed by atoms with Gasteiger partial charge in [0.15, 0.2) is 17.2 Å². The standard InChI is InChI=1S/C15H16N6O/c1-2-20-9-7-12(18-20)15(22)16-11-4-3-8-21-14(11)17-13(19-21)10-5-6-10/h3-4,7-10H,2,5-6H2,1H3,(H,16,22). The van der Waals surface area contributed by atoms with E-state index in [4.69, 9.17) is 0 Å². The van der Waals surface area contributed by atoms with Crippen LogP contribution in [0.25, 0.3) is 5.65 Å². The fourth-order valence-corrected chi connectivity index (χ4v) is 2.38. The van der Waals surface area contributed by atoms with Crippen molar-refractivity contribution in [1.29, 1.82) is 0 Å². The number of hydrogen-bond acceptors (Lipinski definition) is 4. The molecule has 0 radical (unpaired) electrons. The summed E-state index contributed by atoms with van der Waals surface area (Å²) in [5.41, 5.74) is 1.72. The number of amides is 1. The molecule has 1 saturated carbocycles. The molecule has 0 aromatic carbocycles. The molecule has 7 nitrogen and oxygen atoms in total. The molecular weight excluding hydrogens is 280 g/mol. The molecule has 0 spiro atoms. The minimum absolute atomic E-state index is 0.240. The molecular formula is C15H16N6O. The van der Waals surface area contributed by atoms with Crippen LogP contribution in [0.5, 0.6) is 0 Å². The van der Waals surface area contributed by atoms with Crippen LogP contribution in [0.1, 0.15) is 42.0 Å². The molecule has 0 bridgehead atoms. The topological polar surface area (TPSA) is 77.1 Å². The lowest BCUT2D eigenvalue weighted by Gasteiger charge is -2.03. The molecule has 1 fully saturated rings. The van der Waals surface area contributed by atoms with E-state index in [0.717, 1.165) is 25.2 Å². The van der Waals surface area contributed by atoms with Crippen molar-refractivity contribution in [3.8, 4) is 0 Å². The number of nitrogens with one attached hydrogen (secondary N) is 1. The number of carbonyl (C=O) groups excluding carboxylic acids is 1. The molecule has 1 aliphatic rings. The SMILES string of the molecule is CCn1ccc(C(=O)Nc2cccn3nc(C4CC4)nc23)n1. The third-order valence-electron chi connectivity index (χ3n) is 3.77. The first-order valence-corrected chi connectivity index (χ1v) is 7.44. The molecule has 3 aromatic heterocycles. The van der Waals surface area contributed by atoms with Gasteiger partial charge in [0.05, 0.1) is 5.69 Å². The third kappa shape index (κ3) is 2.24. The monoisotopic (exact) mass is 296 g/mol. The molecule has 112 valence electrons. The molecule has 7 heteroatoms. The Labute approximate surface area is 127 Å². The van der Waals surface area contributed by atoms with Crippen molar-refractivity contribution in [1.82, 2.24) is 24.4 Å². The smallest absolute Gasteiger partial charge is 0.276 e. The van der Waals surface area contributed by atoms with E-state index in [1.165, 1.54) is 0 Å². The van der Waals surface area contributed by atoms with Crippen molar-refractivity contribution in [3.63, 3.8) is 0 Å². The van der Waals surface area contributed by atoms with Crippen LogP contribution in [0.4, 0.5) is 5.69 Å². The van der Waals surface area contributed by atoms with E-state index in [1.54, 1.807) is 21.5 Å². The van der Waals surface area contributed by atoms with Gasteiger partial charge in [-0.3, -0.25) is 9.48 Å². The average molecular weight is 296 g/mol. The van der Waals surface area contributed by atoms with Crippen LogP contribution in [0, 0.1) is 0 Å². The summed E-state index contributed by atoms with van der Waals surface area (Å²) in [6.07, 6.45) is 5.92. The summed E-state index contributed by atoms with van der Waals surface area (Å²) in [6, 6.07) is 5.38. The zero-order chi connectivity index (χ0) is 15.1. The first kappa shape index (κ1) is 13.0. The Hall–Kier alpha value is -2.70. The van der Waals surface area contributed by atoms with E-state index in [-0.39, 0.29) is 5.91 Å². The van der Waals surface area contributed by atoms with Gasteiger partial charge in [-0.2, -0.15) is 10.2 Å². The number of pyridine rings is 1. The van der Waals surface area contributed by atoms with Gasteiger partial charge in [0.1, 0.15) is 0 Å². The number of aromatic nitrogens is 5. The Morgan fingerprint density at radius 1 is 1.32 bits per heavy atom. The highest BCUT2D eigenvalue weighted by molar-refractivity contribution is 6.04. The van der Waals surface area contributed by atoms with Gasteiger partial charge in [0.25, 0.3) is 5.91 Å². The fraction of sp³-hybridized carbons (Fsp3) is 0.333. The van der Waals surface area contributed by atoms with Crippen molar-refractivity contribution in [2.45, 2.75) is 32.2 Å². The molecule has 3 aromatic rings. The number of fused-ring (bicyclic) bond motifs is 1. The minimum Gasteiger partial charge on any atom is -0.317 e. The van der Waals surface area contributed by atoms with Gasteiger partial charge >= 0.3 is 0 Å². The Kier molecular flexibility index (Phi) is 2.92. The van der Waals surface area contributed by atoms with E-state index in [1.807, 2.05) is 25.3 Å². The predicted octanol–water partition coefficient (Wildman–Crippen LogP) is 2.08. The predicted molar refractivity (Wildman–Crippen MR) is 80.8 cm³/mol. The molecule has 22 heavy (non-hydrogen) atoms. The van der Waals surface area contributed by atoms with Crippen molar-refractivity contribution in [2.24, 2.45) is 0 Å². The summed E-state index contributed by atoms with van der Waals surface area (Å²) < 4.78 is 3.44. The van der Waals surface area contributed by atoms with E-state index in [0.29, 0.717) is 22.9 Å². The van der Waals surface area contributed by atoms with Gasteiger partial charge in [0.2, 0.25) is 0 Å².